The predicted octanol–water partition coefficient (Wildman–Crippen LogP) is -22.9. The van der Waals surface area contributed by atoms with Gasteiger partial charge in [0.1, 0.15) is 238 Å². The minimum atomic E-state index is -5.47. The third kappa shape index (κ3) is 26.5. The largest absolute Gasteiger partial charge is 0.477 e. The van der Waals surface area contributed by atoms with Crippen molar-refractivity contribution in [3.8, 4) is 0 Å². The number of carbonyl (C=O) groups excluding carboxylic acids is 6. The molecule has 10 rings (SSSR count). The number of hydrogen-bond acceptors (Lipinski definition) is 55. The van der Waals surface area contributed by atoms with Crippen LogP contribution in [0.3, 0.4) is 0 Å². The lowest BCUT2D eigenvalue weighted by atomic mass is 9.88. The minimum absolute atomic E-state index is 0.830. The summed E-state index contributed by atoms with van der Waals surface area (Å²) in [7, 11) is -5.47. The fourth-order valence-corrected chi connectivity index (χ4v) is 18.2. The van der Waals surface area contributed by atoms with Gasteiger partial charge in [-0.2, -0.15) is 8.42 Å². The highest BCUT2D eigenvalue weighted by molar-refractivity contribution is 7.80. The normalized spacial score (nSPS) is 45.5. The number of carbonyl (C=O) groups is 7. The average Bonchev–Trinajstić information content (AvgIpc) is 0.748. The lowest BCUT2D eigenvalue weighted by molar-refractivity contribution is -0.399. The van der Waals surface area contributed by atoms with Crippen molar-refractivity contribution in [1.29, 1.82) is 0 Å². The molecule has 802 valence electrons. The van der Waals surface area contributed by atoms with Crippen LogP contribution >= 0.6 is 0 Å². The summed E-state index contributed by atoms with van der Waals surface area (Å²) in [5.74, 6) is -11.3. The number of nitrogens with one attached hydrogen (secondary N) is 6. The zero-order valence-corrected chi connectivity index (χ0v) is 75.2. The fourth-order valence-electron chi connectivity index (χ4n) is 17.7. The number of carboxylic acid groups (broad SMARTS) is 1. The van der Waals surface area contributed by atoms with Crippen molar-refractivity contribution >= 4 is 51.8 Å². The molecule has 10 saturated heterocycles. The van der Waals surface area contributed by atoms with Gasteiger partial charge in [-0.15, -0.1) is 0 Å². The van der Waals surface area contributed by atoms with E-state index < -0.39 is 437 Å². The molecule has 0 saturated carbocycles. The maximum Gasteiger partial charge on any atom is 0.397 e. The van der Waals surface area contributed by atoms with Crippen molar-refractivity contribution in [1.82, 2.24) is 31.9 Å². The second-order valence-electron chi connectivity index (χ2n) is 34.4. The lowest BCUT2D eigenvalue weighted by Gasteiger charge is -2.51. The van der Waals surface area contributed by atoms with Crippen LogP contribution in [0.25, 0.3) is 0 Å². The SMILES string of the molecule is CC(=O)N[C@@H]1[C@@H](O)[C@H](O[C@@H]2O[C@H](CO)[C@@H](O[C@@H]3O[C@H](CO[C@H]4O[C@H](CO)[C@@H](O)[C@H](O)[C@@H]4O[C@@H]4O[C@H](CO)[C@@H](O[C@@H]5O[C@H](CO)[C@H](O)[C@H](O[C@]6(C(=O)O)C[C@H](O)[C@@H](NC(C)=O)[C@H]([C@H](O)[C@H](O)CO)O6)[C@H]5O)[C@H](O)[C@H]4NC(C)=O)[C@@H](O)[C@H](O[C@H]4O[C@H](CO)[C@@H](O)[C@H](O)[C@@H]4O[C@@H]4O[C@H](CO)[C@@H](O[C@@H]5O[C@H](CO)[C@H](OS(=O)(=O)O)[C@H](O)[C@H]5NC(C)=O)[C@H](O)[C@H]4NC(C)=O)[C@@H]3O)[C@H](O)[C@H]2NC(C)=O)[C@@H](CO)O[C@H]1O. The number of aliphatic hydroxyl groups excluding tert-OH is 26. The van der Waals surface area contributed by atoms with Gasteiger partial charge in [0.25, 0.3) is 5.79 Å². The van der Waals surface area contributed by atoms with Gasteiger partial charge in [-0.05, 0) is 0 Å². The molecule has 0 aromatic heterocycles. The van der Waals surface area contributed by atoms with Crippen LogP contribution in [-0.2, 0) is 138 Å². The van der Waals surface area contributed by atoms with Crippen molar-refractivity contribution in [3.63, 3.8) is 0 Å². The summed E-state index contributed by atoms with van der Waals surface area (Å²) in [5.41, 5.74) is 0. The molecular weight excluding hydrogens is 1930 g/mol. The molecule has 63 nitrogen and oxygen atoms in total. The molecule has 0 aromatic rings. The second kappa shape index (κ2) is 49.7. The molecule has 10 fully saturated rings. The van der Waals surface area contributed by atoms with E-state index in [-0.39, 0.29) is 0 Å². The van der Waals surface area contributed by atoms with Gasteiger partial charge >= 0.3 is 16.4 Å². The Morgan fingerprint density at radius 3 is 1.01 bits per heavy atom. The monoisotopic (exact) mass is 2050 g/mol. The smallest absolute Gasteiger partial charge is 0.397 e. The number of rotatable bonds is 39. The van der Waals surface area contributed by atoms with Crippen LogP contribution in [0, 0.1) is 0 Å². The number of ether oxygens (including phenoxy) is 19. The van der Waals surface area contributed by atoms with Crippen LogP contribution in [0.15, 0.2) is 0 Å². The molecular formula is C75H124N6O57S. The maximum atomic E-state index is 13.3. The van der Waals surface area contributed by atoms with Gasteiger partial charge in [0, 0.05) is 48.0 Å². The highest BCUT2D eigenvalue weighted by atomic mass is 32.3. The number of aliphatic carboxylic acids is 1. The van der Waals surface area contributed by atoms with E-state index in [1.54, 1.807) is 0 Å². The Labute approximate surface area is 786 Å². The molecule has 139 heavy (non-hydrogen) atoms. The van der Waals surface area contributed by atoms with Crippen LogP contribution < -0.4 is 31.9 Å². The number of amides is 6. The van der Waals surface area contributed by atoms with E-state index in [0.29, 0.717) is 0 Å². The van der Waals surface area contributed by atoms with Crippen molar-refractivity contribution in [3.05, 3.63) is 0 Å². The van der Waals surface area contributed by atoms with Gasteiger partial charge in [0.15, 0.2) is 56.6 Å². The Bertz CT molecular complexity index is 4100. The summed E-state index contributed by atoms with van der Waals surface area (Å²) in [6, 6.07) is -11.7. The number of carboxylic acids is 1. The van der Waals surface area contributed by atoms with Gasteiger partial charge < -0.3 is 260 Å². The maximum absolute atomic E-state index is 13.3. The topological polar surface area (TPSA) is 977 Å². The van der Waals surface area contributed by atoms with E-state index in [9.17, 15) is 184 Å². The first kappa shape index (κ1) is 115. The Hall–Kier alpha value is -5.64. The van der Waals surface area contributed by atoms with Crippen LogP contribution in [-0.4, -0.2) is 571 Å². The highest BCUT2D eigenvalue weighted by Crippen LogP contribution is 2.43. The number of aliphatic hydroxyl groups is 26. The predicted molar refractivity (Wildman–Crippen MR) is 427 cm³/mol. The van der Waals surface area contributed by atoms with Crippen molar-refractivity contribution < 1.29 is 279 Å². The Balaban J connectivity index is 0.977. The Morgan fingerprint density at radius 1 is 0.331 bits per heavy atom. The molecule has 64 heteroatoms. The van der Waals surface area contributed by atoms with Crippen LogP contribution in [0.2, 0.25) is 0 Å². The highest BCUT2D eigenvalue weighted by Gasteiger charge is 2.65. The third-order valence-electron chi connectivity index (χ3n) is 24.5. The summed E-state index contributed by atoms with van der Waals surface area (Å²) in [5, 5.41) is 320. The van der Waals surface area contributed by atoms with E-state index in [1.807, 2.05) is 0 Å². The fraction of sp³-hybridized carbons (Fsp3) is 0.907. The summed E-state index contributed by atoms with van der Waals surface area (Å²) in [4.78, 5) is 90.0. The van der Waals surface area contributed by atoms with Crippen molar-refractivity contribution in [2.75, 3.05) is 66.1 Å². The molecule has 0 bridgehead atoms. The van der Waals surface area contributed by atoms with Crippen LogP contribution in [0.4, 0.5) is 0 Å². The Kier molecular flexibility index (Phi) is 41.2. The van der Waals surface area contributed by atoms with E-state index in [4.69, 9.17) is 90.0 Å². The quantitative estimate of drug-likeness (QED) is 0.0254. The standard InChI is InChI=1S/C75H124N6O57S/c1-18(91)76-35-24(97)7-75(74(114)115,136-60(35)41(99)25(98)8-82)137-62-44(102)28(11-85)121-71(54(62)112)132-58-32(15-89)126-68(39(49(58)107)80-22(5)95)134-63-51(109)42(100)26(9-83)122-72(63)119-17-34-45(103)61(53(111)70(128-34)131-57-31(14-88)124-66(37(48(57)106)78-20(3)93)129-55-29(12-86)120-65(113)36(46(55)104)77-19(2)92)133-73-64(52(110)43(101)27(10-84)123-73)135-69-38(79-21(4)94)47(105)56(30(13-87)125-69)130-67-40(81-23(6)96)50(108)59(33(16-90)127-67)138-139(116,117)118/h24-73,82-90,97-113H,7-17H2,1-6H3,(H,76,91)(H,77,92)(H,78,93)(H,79,94)(H,80,95)(H,81,96)(H,114,115)(H,116,117,118)/t24-,25+,26+,27+,28+,29+,30+,31+,32+,33+,34+,35+,36+,37+,38+,39+,40+,41+,42+,43+,44-,45+,46+,47+,48+,49+,50+,51-,52-,53-,54+,55+,56+,57+,58+,59-,60+,61-,62-,63-,64-,65+,66-,67-,68-,69-,70-,71-,72-,73+,75-/m0/s1. The molecule has 10 aliphatic rings. The number of hydrogen-bond donors (Lipinski definition) is 34. The first-order valence-electron chi connectivity index (χ1n) is 43.4. The van der Waals surface area contributed by atoms with Crippen molar-refractivity contribution in [2.45, 2.75) is 360 Å². The Morgan fingerprint density at radius 2 is 0.626 bits per heavy atom. The van der Waals surface area contributed by atoms with Crippen LogP contribution in [0.1, 0.15) is 48.0 Å². The van der Waals surface area contributed by atoms with Gasteiger partial charge in [-0.1, -0.05) is 0 Å². The molecule has 10 heterocycles. The summed E-state index contributed by atoms with van der Waals surface area (Å²) in [6.45, 7) is -7.01. The van der Waals surface area contributed by atoms with Gasteiger partial charge in [-0.25, -0.2) is 8.98 Å². The van der Waals surface area contributed by atoms with Gasteiger partial charge in [0.2, 0.25) is 35.4 Å². The molecule has 51 atom stereocenters. The van der Waals surface area contributed by atoms with Crippen LogP contribution in [0.5, 0.6) is 0 Å². The molecule has 0 aromatic carbocycles. The molecule has 34 N–H and O–H groups in total. The molecule has 0 aliphatic carbocycles. The summed E-state index contributed by atoms with van der Waals surface area (Å²) >= 11 is 0. The lowest BCUT2D eigenvalue weighted by Crippen LogP contribution is -2.71. The average molecular weight is 2050 g/mol. The zero-order valence-electron chi connectivity index (χ0n) is 74.4. The first-order chi connectivity index (χ1) is 65.4. The van der Waals surface area contributed by atoms with Gasteiger partial charge in [-0.3, -0.25) is 33.3 Å². The van der Waals surface area contributed by atoms with E-state index in [2.05, 4.69) is 36.1 Å². The van der Waals surface area contributed by atoms with E-state index in [0.717, 1.165) is 41.5 Å². The first-order valence-corrected chi connectivity index (χ1v) is 44.8. The molecule has 0 radical (unpaired) electrons. The van der Waals surface area contributed by atoms with Crippen molar-refractivity contribution in [2.24, 2.45) is 0 Å². The van der Waals surface area contributed by atoms with Gasteiger partial charge in [0.05, 0.1) is 78.2 Å². The van der Waals surface area contributed by atoms with E-state index >= 15 is 0 Å². The molecule has 10 aliphatic heterocycles. The molecule has 6 amide bonds. The zero-order chi connectivity index (χ0) is 103. The second-order valence-corrected chi connectivity index (χ2v) is 35.4. The molecule has 0 spiro atoms. The minimum Gasteiger partial charge on any atom is -0.477 e. The van der Waals surface area contributed by atoms with E-state index in [1.165, 1.54) is 0 Å². The third-order valence-corrected chi connectivity index (χ3v) is 24.9. The summed E-state index contributed by atoms with van der Waals surface area (Å²) < 4.78 is 151. The molecule has 0 unspecified atom stereocenters. The summed E-state index contributed by atoms with van der Waals surface area (Å²) in [6.07, 6.45) is -101.